The molecule has 1 atom stereocenters. The molecular weight excluding hydrogens is 246 g/mol. The van der Waals surface area contributed by atoms with Crippen molar-refractivity contribution in [2.45, 2.75) is 13.0 Å². The average Bonchev–Trinajstić information content (AvgIpc) is 2.46. The lowest BCUT2D eigenvalue weighted by Gasteiger charge is -2.29. The normalized spacial score (nSPS) is 17.2. The maximum atomic E-state index is 11.1. The fourth-order valence-electron chi connectivity index (χ4n) is 2.16. The lowest BCUT2D eigenvalue weighted by molar-refractivity contribution is -0.150. The van der Waals surface area contributed by atoms with E-state index < -0.39 is 12.1 Å². The van der Waals surface area contributed by atoms with E-state index in [1.165, 1.54) is 0 Å². The van der Waals surface area contributed by atoms with Crippen LogP contribution >= 0.6 is 0 Å². The van der Waals surface area contributed by atoms with E-state index in [4.69, 9.17) is 14.6 Å². The van der Waals surface area contributed by atoms with Crippen molar-refractivity contribution < 1.29 is 19.4 Å². The number of aliphatic carboxylic acids is 1. The molecule has 2 rings (SSSR count). The topological polar surface area (TPSA) is 59.0 Å². The minimum Gasteiger partial charge on any atom is -0.479 e. The third-order valence-corrected chi connectivity index (χ3v) is 3.13. The van der Waals surface area contributed by atoms with E-state index in [9.17, 15) is 4.79 Å². The van der Waals surface area contributed by atoms with Gasteiger partial charge < -0.3 is 19.5 Å². The summed E-state index contributed by atoms with van der Waals surface area (Å²) in [5.74, 6) is -0.957. The number of anilines is 1. The molecule has 1 unspecified atom stereocenters. The van der Waals surface area contributed by atoms with Gasteiger partial charge in [-0.05, 0) is 24.6 Å². The Morgan fingerprint density at radius 2 is 2.00 bits per heavy atom. The Kier molecular flexibility index (Phi) is 4.76. The van der Waals surface area contributed by atoms with E-state index in [2.05, 4.69) is 4.90 Å². The summed E-state index contributed by atoms with van der Waals surface area (Å²) < 4.78 is 10.5. The van der Waals surface area contributed by atoms with Crippen LogP contribution in [-0.2, 0) is 14.3 Å². The van der Waals surface area contributed by atoms with Crippen LogP contribution in [0.2, 0.25) is 0 Å². The molecule has 5 nitrogen and oxygen atoms in total. The van der Waals surface area contributed by atoms with Crippen molar-refractivity contribution in [3.63, 3.8) is 0 Å². The molecule has 0 aromatic heterocycles. The summed E-state index contributed by atoms with van der Waals surface area (Å²) in [7, 11) is 0. The summed E-state index contributed by atoms with van der Waals surface area (Å²) in [5.41, 5.74) is 1.76. The molecule has 0 radical (unpaired) electrons. The second-order valence-electron chi connectivity index (χ2n) is 4.36. The zero-order chi connectivity index (χ0) is 13.7. The molecule has 0 aliphatic carbocycles. The summed E-state index contributed by atoms with van der Waals surface area (Å²) in [6.45, 7) is 5.37. The predicted molar refractivity (Wildman–Crippen MR) is 71.5 cm³/mol. The third-order valence-electron chi connectivity index (χ3n) is 3.13. The predicted octanol–water partition coefficient (Wildman–Crippen LogP) is 1.69. The SMILES string of the molecule is CCOC(C(=O)O)c1ccc(N2CCOCC2)cc1. The number of hydrogen-bond acceptors (Lipinski definition) is 4. The van der Waals surface area contributed by atoms with Crippen molar-refractivity contribution in [2.75, 3.05) is 37.8 Å². The number of rotatable bonds is 5. The number of benzene rings is 1. The van der Waals surface area contributed by atoms with Crippen LogP contribution < -0.4 is 4.90 Å². The monoisotopic (exact) mass is 265 g/mol. The van der Waals surface area contributed by atoms with Crippen molar-refractivity contribution >= 4 is 11.7 Å². The average molecular weight is 265 g/mol. The molecule has 1 aromatic rings. The summed E-state index contributed by atoms with van der Waals surface area (Å²) in [5, 5.41) is 9.12. The van der Waals surface area contributed by atoms with Crippen LogP contribution in [0.15, 0.2) is 24.3 Å². The van der Waals surface area contributed by atoms with Gasteiger partial charge in [-0.15, -0.1) is 0 Å². The number of nitrogens with zero attached hydrogens (tertiary/aromatic N) is 1. The Morgan fingerprint density at radius 3 is 2.53 bits per heavy atom. The molecule has 1 aromatic carbocycles. The van der Waals surface area contributed by atoms with Gasteiger partial charge in [0.05, 0.1) is 13.2 Å². The number of carboxylic acids is 1. The first kappa shape index (κ1) is 13.8. The molecule has 5 heteroatoms. The zero-order valence-electron chi connectivity index (χ0n) is 11.0. The van der Waals surface area contributed by atoms with E-state index in [1.54, 1.807) is 6.92 Å². The number of ether oxygens (including phenoxy) is 2. The highest BCUT2D eigenvalue weighted by atomic mass is 16.5. The Bertz CT molecular complexity index is 412. The van der Waals surface area contributed by atoms with Crippen LogP contribution in [0.1, 0.15) is 18.6 Å². The van der Waals surface area contributed by atoms with Gasteiger partial charge in [-0.1, -0.05) is 12.1 Å². The summed E-state index contributed by atoms with van der Waals surface area (Å²) >= 11 is 0. The Balaban J connectivity index is 2.10. The molecule has 0 amide bonds. The summed E-state index contributed by atoms with van der Waals surface area (Å²) in [6.07, 6.45) is -0.885. The number of hydrogen-bond donors (Lipinski definition) is 1. The molecule has 0 spiro atoms. The summed E-state index contributed by atoms with van der Waals surface area (Å²) in [4.78, 5) is 13.4. The lowest BCUT2D eigenvalue weighted by atomic mass is 10.1. The number of morpholine rings is 1. The standard InChI is InChI=1S/C14H19NO4/c1-2-19-13(14(16)17)11-3-5-12(6-4-11)15-7-9-18-10-8-15/h3-6,13H,2,7-10H2,1H3,(H,16,17). The molecule has 1 aliphatic rings. The van der Waals surface area contributed by atoms with Gasteiger partial charge in [0.25, 0.3) is 0 Å². The van der Waals surface area contributed by atoms with E-state index in [-0.39, 0.29) is 0 Å². The summed E-state index contributed by atoms with van der Waals surface area (Å²) in [6, 6.07) is 7.52. The van der Waals surface area contributed by atoms with Gasteiger partial charge in [-0.3, -0.25) is 0 Å². The van der Waals surface area contributed by atoms with Crippen molar-refractivity contribution in [1.29, 1.82) is 0 Å². The van der Waals surface area contributed by atoms with Gasteiger partial charge in [0.2, 0.25) is 0 Å². The molecular formula is C14H19NO4. The highest BCUT2D eigenvalue weighted by molar-refractivity contribution is 5.74. The van der Waals surface area contributed by atoms with E-state index in [0.717, 1.165) is 32.0 Å². The van der Waals surface area contributed by atoms with Crippen molar-refractivity contribution in [3.05, 3.63) is 29.8 Å². The molecule has 1 aliphatic heterocycles. The molecule has 1 saturated heterocycles. The first-order chi connectivity index (χ1) is 9.22. The smallest absolute Gasteiger partial charge is 0.337 e. The second kappa shape index (κ2) is 6.54. The maximum absolute atomic E-state index is 11.1. The largest absolute Gasteiger partial charge is 0.479 e. The Labute approximate surface area is 112 Å². The van der Waals surface area contributed by atoms with Crippen LogP contribution in [0, 0.1) is 0 Å². The minimum atomic E-state index is -0.957. The van der Waals surface area contributed by atoms with Gasteiger partial charge in [0.15, 0.2) is 6.10 Å². The van der Waals surface area contributed by atoms with Gasteiger partial charge in [0, 0.05) is 25.4 Å². The van der Waals surface area contributed by atoms with Crippen molar-refractivity contribution in [1.82, 2.24) is 0 Å². The van der Waals surface area contributed by atoms with E-state index >= 15 is 0 Å². The van der Waals surface area contributed by atoms with Gasteiger partial charge >= 0.3 is 5.97 Å². The van der Waals surface area contributed by atoms with Crippen LogP contribution in [-0.4, -0.2) is 44.0 Å². The van der Waals surface area contributed by atoms with Gasteiger partial charge in [-0.25, -0.2) is 4.79 Å². The fourth-order valence-corrected chi connectivity index (χ4v) is 2.16. The highest BCUT2D eigenvalue weighted by Gasteiger charge is 2.20. The molecule has 0 bridgehead atoms. The van der Waals surface area contributed by atoms with Gasteiger partial charge in [-0.2, -0.15) is 0 Å². The minimum absolute atomic E-state index is 0.377. The number of carbonyl (C=O) groups is 1. The van der Waals surface area contributed by atoms with E-state index in [0.29, 0.717) is 12.2 Å². The van der Waals surface area contributed by atoms with Crippen LogP contribution in [0.4, 0.5) is 5.69 Å². The van der Waals surface area contributed by atoms with Crippen molar-refractivity contribution in [3.8, 4) is 0 Å². The second-order valence-corrected chi connectivity index (χ2v) is 4.36. The third kappa shape index (κ3) is 3.45. The van der Waals surface area contributed by atoms with Crippen molar-refractivity contribution in [2.24, 2.45) is 0 Å². The fraction of sp³-hybridized carbons (Fsp3) is 0.500. The number of carboxylic acid groups (broad SMARTS) is 1. The highest BCUT2D eigenvalue weighted by Crippen LogP contribution is 2.22. The molecule has 104 valence electrons. The molecule has 0 saturated carbocycles. The Morgan fingerprint density at radius 1 is 1.37 bits per heavy atom. The van der Waals surface area contributed by atoms with Crippen LogP contribution in [0.25, 0.3) is 0 Å². The molecule has 1 heterocycles. The van der Waals surface area contributed by atoms with Crippen LogP contribution in [0.5, 0.6) is 0 Å². The first-order valence-electron chi connectivity index (χ1n) is 6.49. The van der Waals surface area contributed by atoms with E-state index in [1.807, 2.05) is 24.3 Å². The lowest BCUT2D eigenvalue weighted by Crippen LogP contribution is -2.36. The maximum Gasteiger partial charge on any atom is 0.337 e. The Hall–Kier alpha value is -1.59. The first-order valence-corrected chi connectivity index (χ1v) is 6.49. The zero-order valence-corrected chi connectivity index (χ0v) is 11.0. The van der Waals surface area contributed by atoms with Crippen LogP contribution in [0.3, 0.4) is 0 Å². The van der Waals surface area contributed by atoms with Gasteiger partial charge in [0.1, 0.15) is 0 Å². The quantitative estimate of drug-likeness (QED) is 0.878. The molecule has 19 heavy (non-hydrogen) atoms. The molecule has 1 N–H and O–H groups in total. The molecule has 1 fully saturated rings.